The second-order valence-corrected chi connectivity index (χ2v) is 7.31. The molecule has 0 fully saturated rings. The molecule has 2 aromatic rings. The summed E-state index contributed by atoms with van der Waals surface area (Å²) in [4.78, 5) is 25.9. The molecule has 0 aliphatic rings. The number of rotatable bonds is 4. The Kier molecular flexibility index (Phi) is 5.85. The maximum atomic E-state index is 12.5. The first-order valence-corrected chi connectivity index (χ1v) is 8.50. The summed E-state index contributed by atoms with van der Waals surface area (Å²) in [5.41, 5.74) is 2.21. The molecular weight excluding hydrogens is 336 g/mol. The van der Waals surface area contributed by atoms with Crippen LogP contribution in [0.25, 0.3) is 0 Å². The third-order valence-electron chi connectivity index (χ3n) is 3.83. The Balaban J connectivity index is 2.22. The third kappa shape index (κ3) is 4.83. The number of halogens is 1. The van der Waals surface area contributed by atoms with Crippen molar-refractivity contribution in [2.45, 2.75) is 33.1 Å². The van der Waals surface area contributed by atoms with Gasteiger partial charge in [0.15, 0.2) is 0 Å². The first-order valence-electron chi connectivity index (χ1n) is 8.12. The molecule has 0 heterocycles. The molecule has 2 amide bonds. The van der Waals surface area contributed by atoms with Gasteiger partial charge in [-0.25, -0.2) is 0 Å². The van der Waals surface area contributed by atoms with Gasteiger partial charge >= 0.3 is 0 Å². The van der Waals surface area contributed by atoms with E-state index in [1.165, 1.54) is 11.8 Å². The van der Waals surface area contributed by atoms with E-state index in [0.717, 1.165) is 11.3 Å². The second kappa shape index (κ2) is 7.70. The van der Waals surface area contributed by atoms with Gasteiger partial charge in [0.1, 0.15) is 6.54 Å². The molecule has 0 aliphatic carbocycles. The second-order valence-electron chi connectivity index (χ2n) is 6.90. The summed E-state index contributed by atoms with van der Waals surface area (Å²) < 4.78 is 0. The molecule has 0 bridgehead atoms. The number of carbonyl (C=O) groups excluding carboxylic acids is 2. The van der Waals surface area contributed by atoms with Crippen molar-refractivity contribution in [3.8, 4) is 0 Å². The van der Waals surface area contributed by atoms with Crippen molar-refractivity contribution in [1.82, 2.24) is 0 Å². The lowest BCUT2D eigenvalue weighted by Crippen LogP contribution is -2.37. The SMILES string of the molecule is CC(=O)N(CC(=O)Nc1ccccc1C(C)(C)C)c1ccccc1Cl. The summed E-state index contributed by atoms with van der Waals surface area (Å²) in [6.07, 6.45) is 0. The van der Waals surface area contributed by atoms with Crippen LogP contribution in [0.1, 0.15) is 33.3 Å². The van der Waals surface area contributed by atoms with Crippen LogP contribution in [-0.2, 0) is 15.0 Å². The lowest BCUT2D eigenvalue weighted by Gasteiger charge is -2.25. The Hall–Kier alpha value is -2.33. The van der Waals surface area contributed by atoms with E-state index in [-0.39, 0.29) is 23.8 Å². The van der Waals surface area contributed by atoms with E-state index < -0.39 is 0 Å². The highest BCUT2D eigenvalue weighted by atomic mass is 35.5. The molecule has 2 aromatic carbocycles. The molecule has 4 nitrogen and oxygen atoms in total. The van der Waals surface area contributed by atoms with Gasteiger partial charge in [0.25, 0.3) is 0 Å². The number of hydrogen-bond acceptors (Lipinski definition) is 2. The molecule has 1 N–H and O–H groups in total. The number of nitrogens with zero attached hydrogens (tertiary/aromatic N) is 1. The minimum absolute atomic E-state index is 0.0997. The van der Waals surface area contributed by atoms with E-state index >= 15 is 0 Å². The summed E-state index contributed by atoms with van der Waals surface area (Å²) in [5.74, 6) is -0.515. The highest BCUT2D eigenvalue weighted by Crippen LogP contribution is 2.29. The van der Waals surface area contributed by atoms with Gasteiger partial charge in [-0.15, -0.1) is 0 Å². The van der Waals surface area contributed by atoms with Crippen molar-refractivity contribution >= 4 is 34.8 Å². The highest BCUT2D eigenvalue weighted by Gasteiger charge is 2.21. The maximum absolute atomic E-state index is 12.5. The molecule has 2 rings (SSSR count). The topological polar surface area (TPSA) is 49.4 Å². The van der Waals surface area contributed by atoms with Crippen molar-refractivity contribution in [2.24, 2.45) is 0 Å². The molecule has 0 radical (unpaired) electrons. The van der Waals surface area contributed by atoms with E-state index in [0.29, 0.717) is 10.7 Å². The standard InChI is InChI=1S/C20H23ClN2O2/c1-14(24)23(18-12-8-6-10-16(18)21)13-19(25)22-17-11-7-5-9-15(17)20(2,3)4/h5-12H,13H2,1-4H3,(H,22,25). The number of carbonyl (C=O) groups is 2. The predicted molar refractivity (Wildman–Crippen MR) is 103 cm³/mol. The molecule has 0 unspecified atom stereocenters. The third-order valence-corrected chi connectivity index (χ3v) is 4.15. The van der Waals surface area contributed by atoms with Gasteiger partial charge in [-0.05, 0) is 29.2 Å². The molecule has 0 spiro atoms. The van der Waals surface area contributed by atoms with Gasteiger partial charge in [0.2, 0.25) is 11.8 Å². The normalized spacial score (nSPS) is 11.1. The number of benzene rings is 2. The average molecular weight is 359 g/mol. The first-order chi connectivity index (χ1) is 11.7. The van der Waals surface area contributed by atoms with Gasteiger partial charge in [-0.3, -0.25) is 9.59 Å². The zero-order valence-corrected chi connectivity index (χ0v) is 15.7. The summed E-state index contributed by atoms with van der Waals surface area (Å²) in [6, 6.07) is 14.7. The van der Waals surface area contributed by atoms with Crippen LogP contribution in [-0.4, -0.2) is 18.4 Å². The van der Waals surface area contributed by atoms with Crippen LogP contribution in [0.3, 0.4) is 0 Å². The van der Waals surface area contributed by atoms with Gasteiger partial charge in [0.05, 0.1) is 10.7 Å². The van der Waals surface area contributed by atoms with Crippen LogP contribution >= 0.6 is 11.6 Å². The number of para-hydroxylation sites is 2. The molecule has 0 saturated heterocycles. The maximum Gasteiger partial charge on any atom is 0.244 e. The summed E-state index contributed by atoms with van der Waals surface area (Å²) in [6.45, 7) is 7.58. The Labute approximate surface area is 153 Å². The summed E-state index contributed by atoms with van der Waals surface area (Å²) >= 11 is 6.17. The van der Waals surface area contributed by atoms with Crippen LogP contribution < -0.4 is 10.2 Å². The van der Waals surface area contributed by atoms with Crippen LogP contribution in [0.2, 0.25) is 5.02 Å². The largest absolute Gasteiger partial charge is 0.324 e. The highest BCUT2D eigenvalue weighted by molar-refractivity contribution is 6.33. The molecule has 0 aromatic heterocycles. The number of nitrogens with one attached hydrogen (secondary N) is 1. The van der Waals surface area contributed by atoms with Crippen molar-refractivity contribution < 1.29 is 9.59 Å². The quantitative estimate of drug-likeness (QED) is 0.866. The van der Waals surface area contributed by atoms with E-state index in [1.807, 2.05) is 24.3 Å². The van der Waals surface area contributed by atoms with Crippen molar-refractivity contribution in [3.05, 3.63) is 59.1 Å². The lowest BCUT2D eigenvalue weighted by atomic mass is 9.86. The Morgan fingerprint density at radius 2 is 1.64 bits per heavy atom. The van der Waals surface area contributed by atoms with Crippen molar-refractivity contribution in [1.29, 1.82) is 0 Å². The fourth-order valence-corrected chi connectivity index (χ4v) is 2.85. The predicted octanol–water partition coefficient (Wildman–Crippen LogP) is 4.63. The van der Waals surface area contributed by atoms with Crippen LogP contribution in [0.15, 0.2) is 48.5 Å². The smallest absolute Gasteiger partial charge is 0.244 e. The lowest BCUT2D eigenvalue weighted by molar-refractivity contribution is -0.120. The molecule has 132 valence electrons. The molecular formula is C20H23ClN2O2. The zero-order chi connectivity index (χ0) is 18.6. The minimum Gasteiger partial charge on any atom is -0.324 e. The average Bonchev–Trinajstić information content (AvgIpc) is 2.52. The van der Waals surface area contributed by atoms with Crippen LogP contribution in [0, 0.1) is 0 Å². The van der Waals surface area contributed by atoms with Crippen molar-refractivity contribution in [3.63, 3.8) is 0 Å². The van der Waals surface area contributed by atoms with E-state index in [2.05, 4.69) is 26.1 Å². The van der Waals surface area contributed by atoms with Gasteiger partial charge in [-0.1, -0.05) is 62.7 Å². The fourth-order valence-electron chi connectivity index (χ4n) is 2.62. The van der Waals surface area contributed by atoms with Gasteiger partial charge in [0, 0.05) is 12.6 Å². The van der Waals surface area contributed by atoms with Crippen LogP contribution in [0.4, 0.5) is 11.4 Å². The molecule has 0 aliphatic heterocycles. The number of hydrogen-bond donors (Lipinski definition) is 1. The molecule has 5 heteroatoms. The Morgan fingerprint density at radius 1 is 1.04 bits per heavy atom. The van der Waals surface area contributed by atoms with E-state index in [1.54, 1.807) is 24.3 Å². The monoisotopic (exact) mass is 358 g/mol. The van der Waals surface area contributed by atoms with E-state index in [4.69, 9.17) is 11.6 Å². The molecule has 0 atom stereocenters. The Bertz CT molecular complexity index is 781. The van der Waals surface area contributed by atoms with Crippen LogP contribution in [0.5, 0.6) is 0 Å². The molecule has 0 saturated carbocycles. The zero-order valence-electron chi connectivity index (χ0n) is 15.0. The fraction of sp³-hybridized carbons (Fsp3) is 0.300. The number of amides is 2. The van der Waals surface area contributed by atoms with Gasteiger partial charge < -0.3 is 10.2 Å². The molecule has 25 heavy (non-hydrogen) atoms. The number of anilines is 2. The summed E-state index contributed by atoms with van der Waals surface area (Å²) in [7, 11) is 0. The van der Waals surface area contributed by atoms with Gasteiger partial charge in [-0.2, -0.15) is 0 Å². The van der Waals surface area contributed by atoms with E-state index in [9.17, 15) is 9.59 Å². The minimum atomic E-state index is -0.271. The van der Waals surface area contributed by atoms with Crippen molar-refractivity contribution in [2.75, 3.05) is 16.8 Å². The summed E-state index contributed by atoms with van der Waals surface area (Å²) in [5, 5.41) is 3.35. The first kappa shape index (κ1) is 19.0. The Morgan fingerprint density at radius 3 is 2.24 bits per heavy atom.